The molecule has 3 heterocycles. The van der Waals surface area contributed by atoms with Crippen LogP contribution in [0.2, 0.25) is 0 Å². The Bertz CT molecular complexity index is 1510. The van der Waals surface area contributed by atoms with Gasteiger partial charge in [-0.3, -0.25) is 14.4 Å². The maximum atomic E-state index is 13.2. The average Bonchev–Trinajstić information content (AvgIpc) is 3.63. The largest absolute Gasteiger partial charge is 0.457 e. The molecule has 0 radical (unpaired) electrons. The molecule has 3 amide bonds. The van der Waals surface area contributed by atoms with Crippen molar-refractivity contribution in [1.29, 1.82) is 0 Å². The standard InChI is InChI=1S/C30H28F3N5O4/c31-30(32,33)26-12-11-24(35-36-26)18-5-9-23(10-6-18)42-25-14-19(3-4-20(25)16-37-13-1-2-27(37)39)29(41)34-21-15-28(40)38(17-21)22-7-8-22/h3-6,9-12,14,21-22H,1-2,7-8,13,15-17H2,(H,34,41). The third-order valence-corrected chi connectivity index (χ3v) is 7.68. The van der Waals surface area contributed by atoms with E-state index in [9.17, 15) is 27.6 Å². The zero-order valence-electron chi connectivity index (χ0n) is 22.6. The zero-order chi connectivity index (χ0) is 29.4. The summed E-state index contributed by atoms with van der Waals surface area (Å²) in [6.07, 6.45) is -1.02. The summed E-state index contributed by atoms with van der Waals surface area (Å²) in [5.74, 6) is 0.604. The van der Waals surface area contributed by atoms with Crippen molar-refractivity contribution in [3.63, 3.8) is 0 Å². The maximum absolute atomic E-state index is 13.2. The van der Waals surface area contributed by atoms with Gasteiger partial charge in [0.2, 0.25) is 11.8 Å². The van der Waals surface area contributed by atoms with Gasteiger partial charge in [0.25, 0.3) is 5.91 Å². The number of rotatable bonds is 8. The van der Waals surface area contributed by atoms with Crippen LogP contribution in [0, 0.1) is 0 Å². The highest BCUT2D eigenvalue weighted by Gasteiger charge is 2.40. The second-order valence-electron chi connectivity index (χ2n) is 10.8. The number of carbonyl (C=O) groups excluding carboxylic acids is 3. The van der Waals surface area contributed by atoms with Gasteiger partial charge >= 0.3 is 6.18 Å². The molecule has 2 aliphatic heterocycles. The van der Waals surface area contributed by atoms with Gasteiger partial charge in [0, 0.05) is 55.2 Å². The number of nitrogens with one attached hydrogen (secondary N) is 1. The van der Waals surface area contributed by atoms with Crippen molar-refractivity contribution >= 4 is 17.7 Å². The van der Waals surface area contributed by atoms with E-state index in [0.717, 1.165) is 30.9 Å². The monoisotopic (exact) mass is 579 g/mol. The lowest BCUT2D eigenvalue weighted by atomic mass is 10.1. The van der Waals surface area contributed by atoms with Crippen LogP contribution in [0.25, 0.3) is 11.3 Å². The Kier molecular flexibility index (Phi) is 7.29. The molecular formula is C30H28F3N5O4. The molecule has 1 aromatic heterocycles. The Morgan fingerprint density at radius 1 is 1.00 bits per heavy atom. The van der Waals surface area contributed by atoms with E-state index < -0.39 is 11.9 Å². The molecule has 0 bridgehead atoms. The molecule has 2 aromatic carbocycles. The van der Waals surface area contributed by atoms with Gasteiger partial charge in [0.1, 0.15) is 11.5 Å². The van der Waals surface area contributed by atoms with Gasteiger partial charge in [-0.15, -0.1) is 10.2 Å². The van der Waals surface area contributed by atoms with E-state index in [2.05, 4.69) is 15.5 Å². The number of aromatic nitrogens is 2. The molecule has 12 heteroatoms. The highest BCUT2D eigenvalue weighted by Crippen LogP contribution is 2.33. The molecule has 1 atom stereocenters. The smallest absolute Gasteiger partial charge is 0.435 e. The molecule has 3 aliphatic rings. The van der Waals surface area contributed by atoms with Crippen molar-refractivity contribution in [3.8, 4) is 22.8 Å². The predicted molar refractivity (Wildman–Crippen MR) is 144 cm³/mol. The lowest BCUT2D eigenvalue weighted by Crippen LogP contribution is -2.37. The quantitative estimate of drug-likeness (QED) is 0.419. The van der Waals surface area contributed by atoms with Crippen molar-refractivity contribution in [1.82, 2.24) is 25.3 Å². The first-order chi connectivity index (χ1) is 20.1. The maximum Gasteiger partial charge on any atom is 0.435 e. The Balaban J connectivity index is 1.20. The molecule has 3 aromatic rings. The van der Waals surface area contributed by atoms with Gasteiger partial charge in [-0.2, -0.15) is 13.2 Å². The van der Waals surface area contributed by atoms with Gasteiger partial charge in [-0.1, -0.05) is 6.07 Å². The van der Waals surface area contributed by atoms with Crippen molar-refractivity contribution < 1.29 is 32.3 Å². The van der Waals surface area contributed by atoms with Crippen LogP contribution in [0.5, 0.6) is 11.5 Å². The minimum absolute atomic E-state index is 0.0518. The van der Waals surface area contributed by atoms with E-state index in [1.165, 1.54) is 6.07 Å². The highest BCUT2D eigenvalue weighted by atomic mass is 19.4. The number of ether oxygens (including phenoxy) is 1. The first kappa shape index (κ1) is 27.7. The van der Waals surface area contributed by atoms with E-state index in [1.807, 2.05) is 4.90 Å². The van der Waals surface area contributed by atoms with Crippen LogP contribution in [-0.2, 0) is 22.3 Å². The van der Waals surface area contributed by atoms with Gasteiger partial charge in [-0.25, -0.2) is 0 Å². The minimum atomic E-state index is -4.57. The summed E-state index contributed by atoms with van der Waals surface area (Å²) in [5, 5.41) is 9.92. The normalized spacial score (nSPS) is 19.0. The summed E-state index contributed by atoms with van der Waals surface area (Å²) < 4.78 is 44.7. The first-order valence-electron chi connectivity index (χ1n) is 13.8. The molecule has 6 rings (SSSR count). The van der Waals surface area contributed by atoms with E-state index in [0.29, 0.717) is 54.7 Å². The fraction of sp³-hybridized carbons (Fsp3) is 0.367. The molecule has 2 saturated heterocycles. The van der Waals surface area contributed by atoms with E-state index in [1.54, 1.807) is 47.4 Å². The number of halogens is 3. The van der Waals surface area contributed by atoms with Crippen LogP contribution >= 0.6 is 0 Å². The number of likely N-dealkylation sites (tertiary alicyclic amines) is 2. The van der Waals surface area contributed by atoms with E-state index in [4.69, 9.17) is 4.74 Å². The highest BCUT2D eigenvalue weighted by molar-refractivity contribution is 5.95. The lowest BCUT2D eigenvalue weighted by molar-refractivity contribution is -0.141. The third kappa shape index (κ3) is 6.07. The predicted octanol–water partition coefficient (Wildman–Crippen LogP) is 4.57. The number of carbonyl (C=O) groups is 3. The van der Waals surface area contributed by atoms with Crippen LogP contribution < -0.4 is 10.1 Å². The molecular weight excluding hydrogens is 551 g/mol. The van der Waals surface area contributed by atoms with Crippen molar-refractivity contribution in [2.45, 2.75) is 56.9 Å². The Morgan fingerprint density at radius 3 is 2.43 bits per heavy atom. The van der Waals surface area contributed by atoms with Crippen LogP contribution in [0.3, 0.4) is 0 Å². The molecule has 3 fully saturated rings. The summed E-state index contributed by atoms with van der Waals surface area (Å²) in [6.45, 7) is 1.46. The van der Waals surface area contributed by atoms with Crippen molar-refractivity contribution in [3.05, 3.63) is 71.4 Å². The topological polar surface area (TPSA) is 105 Å². The number of nitrogens with zero attached hydrogens (tertiary/aromatic N) is 4. The number of amides is 3. The Morgan fingerprint density at radius 2 is 1.79 bits per heavy atom. The number of hydrogen-bond acceptors (Lipinski definition) is 6. The van der Waals surface area contributed by atoms with Crippen molar-refractivity contribution in [2.75, 3.05) is 13.1 Å². The molecule has 9 nitrogen and oxygen atoms in total. The van der Waals surface area contributed by atoms with E-state index in [-0.39, 0.29) is 35.9 Å². The minimum Gasteiger partial charge on any atom is -0.457 e. The third-order valence-electron chi connectivity index (χ3n) is 7.68. The molecule has 0 spiro atoms. The SMILES string of the molecule is O=C(NC1CC(=O)N(C2CC2)C1)c1ccc(CN2CCCC2=O)c(Oc2ccc(-c3ccc(C(F)(F)F)nn3)cc2)c1. The summed E-state index contributed by atoms with van der Waals surface area (Å²) in [6, 6.07) is 13.8. The Labute approximate surface area is 239 Å². The van der Waals surface area contributed by atoms with Gasteiger partial charge in [-0.05, 0) is 67.8 Å². The summed E-state index contributed by atoms with van der Waals surface area (Å²) in [4.78, 5) is 41.3. The van der Waals surface area contributed by atoms with Gasteiger partial charge in [0.15, 0.2) is 5.69 Å². The van der Waals surface area contributed by atoms with Crippen molar-refractivity contribution in [2.24, 2.45) is 0 Å². The van der Waals surface area contributed by atoms with Crippen LogP contribution in [-0.4, -0.2) is 62.9 Å². The summed E-state index contributed by atoms with van der Waals surface area (Å²) in [7, 11) is 0. The molecule has 1 saturated carbocycles. The van der Waals surface area contributed by atoms with Gasteiger partial charge < -0.3 is 19.9 Å². The number of benzene rings is 2. The van der Waals surface area contributed by atoms with Gasteiger partial charge in [0.05, 0.1) is 11.7 Å². The fourth-order valence-corrected chi connectivity index (χ4v) is 5.29. The summed E-state index contributed by atoms with van der Waals surface area (Å²) >= 11 is 0. The molecule has 42 heavy (non-hydrogen) atoms. The van der Waals surface area contributed by atoms with Crippen LogP contribution in [0.15, 0.2) is 54.6 Å². The van der Waals surface area contributed by atoms with Crippen LogP contribution in [0.1, 0.15) is 53.7 Å². The fourth-order valence-electron chi connectivity index (χ4n) is 5.29. The average molecular weight is 580 g/mol. The summed E-state index contributed by atoms with van der Waals surface area (Å²) in [5.41, 5.74) is 0.822. The number of alkyl halides is 3. The molecule has 218 valence electrons. The van der Waals surface area contributed by atoms with Crippen LogP contribution in [0.4, 0.5) is 13.2 Å². The first-order valence-corrected chi connectivity index (χ1v) is 13.8. The second kappa shape index (κ2) is 11.1. The van der Waals surface area contributed by atoms with E-state index >= 15 is 0 Å². The number of hydrogen-bond donors (Lipinski definition) is 1. The molecule has 1 aliphatic carbocycles. The second-order valence-corrected chi connectivity index (χ2v) is 10.8. The lowest BCUT2D eigenvalue weighted by Gasteiger charge is -2.20. The molecule has 1 N–H and O–H groups in total. The molecule has 1 unspecified atom stereocenters. The Hall–Kier alpha value is -4.48. The zero-order valence-corrected chi connectivity index (χ0v) is 22.6.